The molecule has 5 heteroatoms. The van der Waals surface area contributed by atoms with Gasteiger partial charge in [-0.2, -0.15) is 5.26 Å². The van der Waals surface area contributed by atoms with Gasteiger partial charge in [0.25, 0.3) is 5.91 Å². The number of nitrogens with one attached hydrogen (secondary N) is 1. The van der Waals surface area contributed by atoms with E-state index in [2.05, 4.69) is 27.3 Å². The zero-order valence-electron chi connectivity index (χ0n) is 11.4. The summed E-state index contributed by atoms with van der Waals surface area (Å²) in [5.41, 5.74) is 2.01. The highest BCUT2D eigenvalue weighted by molar-refractivity contribution is 9.10. The molecule has 0 fully saturated rings. The number of carbonyl (C=O) groups excluding carboxylic acids is 1. The van der Waals surface area contributed by atoms with E-state index >= 15 is 0 Å². The maximum atomic E-state index is 12.2. The molecule has 0 saturated carbocycles. The van der Waals surface area contributed by atoms with E-state index in [1.165, 1.54) is 7.11 Å². The number of ether oxygens (including phenoxy) is 1. The average molecular weight is 345 g/mol. The minimum atomic E-state index is -0.205. The van der Waals surface area contributed by atoms with Crippen LogP contribution in [-0.4, -0.2) is 13.0 Å². The molecule has 0 aliphatic carbocycles. The van der Waals surface area contributed by atoms with Crippen molar-refractivity contribution in [2.24, 2.45) is 0 Å². The van der Waals surface area contributed by atoms with Crippen LogP contribution in [0.2, 0.25) is 0 Å². The Morgan fingerprint density at radius 3 is 2.62 bits per heavy atom. The van der Waals surface area contributed by atoms with E-state index in [0.29, 0.717) is 23.4 Å². The van der Waals surface area contributed by atoms with E-state index in [0.717, 1.165) is 10.0 Å². The highest BCUT2D eigenvalue weighted by atomic mass is 79.9. The van der Waals surface area contributed by atoms with Crippen molar-refractivity contribution in [2.75, 3.05) is 7.11 Å². The van der Waals surface area contributed by atoms with Gasteiger partial charge in [0.2, 0.25) is 0 Å². The molecular weight excluding hydrogens is 332 g/mol. The summed E-state index contributed by atoms with van der Waals surface area (Å²) in [5, 5.41) is 11.6. The van der Waals surface area contributed by atoms with Crippen LogP contribution in [0.4, 0.5) is 0 Å². The van der Waals surface area contributed by atoms with Crippen LogP contribution in [0.15, 0.2) is 46.9 Å². The number of methoxy groups -OCH3 is 1. The van der Waals surface area contributed by atoms with E-state index in [-0.39, 0.29) is 5.91 Å². The summed E-state index contributed by atoms with van der Waals surface area (Å²) in [4.78, 5) is 12.2. The Morgan fingerprint density at radius 2 is 2.00 bits per heavy atom. The largest absolute Gasteiger partial charge is 0.496 e. The van der Waals surface area contributed by atoms with Crippen LogP contribution in [0.3, 0.4) is 0 Å². The molecule has 0 unspecified atom stereocenters. The fourth-order valence-corrected chi connectivity index (χ4v) is 2.17. The van der Waals surface area contributed by atoms with Crippen molar-refractivity contribution in [3.63, 3.8) is 0 Å². The van der Waals surface area contributed by atoms with Gasteiger partial charge < -0.3 is 10.1 Å². The first-order valence-electron chi connectivity index (χ1n) is 6.25. The number of nitrogens with zero attached hydrogens (tertiary/aromatic N) is 1. The van der Waals surface area contributed by atoms with Gasteiger partial charge >= 0.3 is 0 Å². The van der Waals surface area contributed by atoms with Gasteiger partial charge in [-0.05, 0) is 35.9 Å². The molecule has 2 rings (SSSR count). The van der Waals surface area contributed by atoms with Crippen LogP contribution in [0.5, 0.6) is 5.75 Å². The molecule has 0 radical (unpaired) electrons. The second kappa shape index (κ2) is 6.91. The third kappa shape index (κ3) is 3.83. The van der Waals surface area contributed by atoms with Gasteiger partial charge in [-0.15, -0.1) is 0 Å². The SMILES string of the molecule is COc1cc(Br)ccc1C(=O)NCc1ccc(C#N)cc1. The van der Waals surface area contributed by atoms with Crippen LogP contribution in [0, 0.1) is 11.3 Å². The van der Waals surface area contributed by atoms with Crippen LogP contribution in [0.1, 0.15) is 21.5 Å². The van der Waals surface area contributed by atoms with Crippen molar-refractivity contribution in [3.8, 4) is 11.8 Å². The minimum Gasteiger partial charge on any atom is -0.496 e. The molecular formula is C16H13BrN2O2. The fourth-order valence-electron chi connectivity index (χ4n) is 1.83. The lowest BCUT2D eigenvalue weighted by atomic mass is 10.1. The maximum absolute atomic E-state index is 12.2. The molecule has 0 spiro atoms. The van der Waals surface area contributed by atoms with E-state index in [1.807, 2.05) is 12.1 Å². The second-order valence-corrected chi connectivity index (χ2v) is 5.25. The van der Waals surface area contributed by atoms with E-state index in [9.17, 15) is 4.79 Å². The first-order chi connectivity index (χ1) is 10.1. The van der Waals surface area contributed by atoms with Crippen LogP contribution >= 0.6 is 15.9 Å². The predicted octanol–water partition coefficient (Wildman–Crippen LogP) is 3.26. The van der Waals surface area contributed by atoms with Crippen molar-refractivity contribution in [1.29, 1.82) is 5.26 Å². The van der Waals surface area contributed by atoms with Gasteiger partial charge in [-0.1, -0.05) is 28.1 Å². The smallest absolute Gasteiger partial charge is 0.255 e. The van der Waals surface area contributed by atoms with Gasteiger partial charge in [-0.25, -0.2) is 0 Å². The Labute approximate surface area is 131 Å². The number of rotatable bonds is 4. The summed E-state index contributed by atoms with van der Waals surface area (Å²) in [7, 11) is 1.53. The number of nitriles is 1. The monoisotopic (exact) mass is 344 g/mol. The van der Waals surface area contributed by atoms with Crippen molar-refractivity contribution in [2.45, 2.75) is 6.54 Å². The fraction of sp³-hybridized carbons (Fsp3) is 0.125. The number of amides is 1. The normalized spacial score (nSPS) is 9.76. The van der Waals surface area contributed by atoms with Crippen LogP contribution in [0.25, 0.3) is 0 Å². The van der Waals surface area contributed by atoms with Gasteiger partial charge in [-0.3, -0.25) is 4.79 Å². The molecule has 0 heterocycles. The molecule has 2 aromatic carbocycles. The molecule has 0 aliphatic heterocycles. The quantitative estimate of drug-likeness (QED) is 0.925. The molecule has 106 valence electrons. The Morgan fingerprint density at radius 1 is 1.29 bits per heavy atom. The van der Waals surface area contributed by atoms with Gasteiger partial charge in [0, 0.05) is 11.0 Å². The van der Waals surface area contributed by atoms with Crippen LogP contribution < -0.4 is 10.1 Å². The highest BCUT2D eigenvalue weighted by Crippen LogP contribution is 2.23. The Balaban J connectivity index is 2.06. The number of halogens is 1. The Hall–Kier alpha value is -2.32. The molecule has 0 atom stereocenters. The zero-order valence-corrected chi connectivity index (χ0v) is 13.0. The van der Waals surface area contributed by atoms with Crippen molar-refractivity contribution < 1.29 is 9.53 Å². The highest BCUT2D eigenvalue weighted by Gasteiger charge is 2.12. The van der Waals surface area contributed by atoms with Crippen molar-refractivity contribution in [1.82, 2.24) is 5.32 Å². The number of carbonyl (C=O) groups is 1. The van der Waals surface area contributed by atoms with Crippen molar-refractivity contribution in [3.05, 3.63) is 63.6 Å². The van der Waals surface area contributed by atoms with Crippen molar-refractivity contribution >= 4 is 21.8 Å². The maximum Gasteiger partial charge on any atom is 0.255 e. The third-order valence-electron chi connectivity index (χ3n) is 2.94. The summed E-state index contributed by atoms with van der Waals surface area (Å²) in [6.45, 7) is 0.393. The Bertz CT molecular complexity index is 690. The molecule has 1 N–H and O–H groups in total. The molecule has 2 aromatic rings. The summed E-state index contributed by atoms with van der Waals surface area (Å²) >= 11 is 3.34. The van der Waals surface area contributed by atoms with E-state index in [4.69, 9.17) is 10.00 Å². The molecule has 0 aromatic heterocycles. The van der Waals surface area contributed by atoms with E-state index in [1.54, 1.807) is 30.3 Å². The summed E-state index contributed by atoms with van der Waals surface area (Å²) in [6.07, 6.45) is 0. The summed E-state index contributed by atoms with van der Waals surface area (Å²) in [5.74, 6) is 0.311. The zero-order chi connectivity index (χ0) is 15.2. The molecule has 0 aliphatic rings. The summed E-state index contributed by atoms with van der Waals surface area (Å²) < 4.78 is 6.05. The van der Waals surface area contributed by atoms with Gasteiger partial charge in [0.1, 0.15) is 5.75 Å². The minimum absolute atomic E-state index is 0.205. The lowest BCUT2D eigenvalue weighted by Gasteiger charge is -2.10. The molecule has 0 saturated heterocycles. The number of hydrogen-bond donors (Lipinski definition) is 1. The van der Waals surface area contributed by atoms with Crippen LogP contribution in [-0.2, 0) is 6.54 Å². The topological polar surface area (TPSA) is 62.1 Å². The Kier molecular flexibility index (Phi) is 4.96. The lowest BCUT2D eigenvalue weighted by molar-refractivity contribution is 0.0948. The average Bonchev–Trinajstić information content (AvgIpc) is 2.52. The predicted molar refractivity (Wildman–Crippen MR) is 83.0 cm³/mol. The summed E-state index contributed by atoms with van der Waals surface area (Å²) in [6, 6.07) is 14.4. The molecule has 4 nitrogen and oxygen atoms in total. The standard InChI is InChI=1S/C16H13BrN2O2/c1-21-15-8-13(17)6-7-14(15)16(20)19-10-12-4-2-11(9-18)3-5-12/h2-8H,10H2,1H3,(H,19,20). The second-order valence-electron chi connectivity index (χ2n) is 4.34. The van der Waals surface area contributed by atoms with Gasteiger partial charge in [0.05, 0.1) is 24.3 Å². The van der Waals surface area contributed by atoms with E-state index < -0.39 is 0 Å². The number of hydrogen-bond acceptors (Lipinski definition) is 3. The molecule has 1 amide bonds. The molecule has 0 bridgehead atoms. The first-order valence-corrected chi connectivity index (χ1v) is 7.04. The number of benzene rings is 2. The van der Waals surface area contributed by atoms with Gasteiger partial charge in [0.15, 0.2) is 0 Å². The third-order valence-corrected chi connectivity index (χ3v) is 3.44. The lowest BCUT2D eigenvalue weighted by Crippen LogP contribution is -2.23. The first kappa shape index (κ1) is 15.1. The molecule has 21 heavy (non-hydrogen) atoms.